The number of hydrogen-bond acceptors (Lipinski definition) is 1. The third kappa shape index (κ3) is 0.888. The van der Waals surface area contributed by atoms with Gasteiger partial charge >= 0.3 is 0 Å². The van der Waals surface area contributed by atoms with Gasteiger partial charge in [0.05, 0.1) is 3.57 Å². The minimum atomic E-state index is 0.425. The zero-order valence-electron chi connectivity index (χ0n) is 6.06. The van der Waals surface area contributed by atoms with Crippen LogP contribution in [0.25, 0.3) is 12.2 Å². The summed E-state index contributed by atoms with van der Waals surface area (Å²) in [4.78, 5) is 0. The third-order valence-electron chi connectivity index (χ3n) is 1.93. The molecule has 0 aromatic heterocycles. The molecule has 1 aromatic rings. The van der Waals surface area contributed by atoms with Crippen molar-refractivity contribution < 1.29 is 5.11 Å². The first-order valence-electron chi connectivity index (χ1n) is 3.40. The first kappa shape index (κ1) is 7.16. The van der Waals surface area contributed by atoms with E-state index in [1.807, 2.05) is 19.1 Å². The molecule has 0 bridgehead atoms. The van der Waals surface area contributed by atoms with Gasteiger partial charge in [0.15, 0.2) is 0 Å². The molecule has 1 aromatic carbocycles. The Balaban J connectivity index is 2.74. The zero-order valence-corrected chi connectivity index (χ0v) is 8.21. The molecule has 0 aliphatic heterocycles. The molecule has 11 heavy (non-hydrogen) atoms. The van der Waals surface area contributed by atoms with Crippen LogP contribution in [0.3, 0.4) is 0 Å². The van der Waals surface area contributed by atoms with Gasteiger partial charge in [0.2, 0.25) is 0 Å². The van der Waals surface area contributed by atoms with Crippen LogP contribution < -0.4 is 0 Å². The standard InChI is InChI=1S/C9H7IO/c1-5-4-6-2-3-7(6)8(10)9(5)11/h2-4,11H,1H3. The number of aromatic hydroxyl groups is 1. The lowest BCUT2D eigenvalue weighted by atomic mass is 9.95. The van der Waals surface area contributed by atoms with Gasteiger partial charge in [0.25, 0.3) is 0 Å². The molecule has 1 aliphatic carbocycles. The SMILES string of the molecule is Cc1cc2c(c(I)c1O)C=C2. The minimum absolute atomic E-state index is 0.425. The van der Waals surface area contributed by atoms with Crippen molar-refractivity contribution in [2.24, 2.45) is 0 Å². The molecule has 0 atom stereocenters. The van der Waals surface area contributed by atoms with Crippen molar-refractivity contribution in [1.29, 1.82) is 0 Å². The summed E-state index contributed by atoms with van der Waals surface area (Å²) < 4.78 is 0.972. The van der Waals surface area contributed by atoms with Crippen molar-refractivity contribution in [1.82, 2.24) is 0 Å². The molecule has 56 valence electrons. The van der Waals surface area contributed by atoms with E-state index in [1.54, 1.807) is 0 Å². The number of rotatable bonds is 0. The van der Waals surface area contributed by atoms with Crippen LogP contribution in [0.4, 0.5) is 0 Å². The predicted octanol–water partition coefficient (Wildman–Crippen LogP) is 2.79. The Labute approximate surface area is 78.9 Å². The Morgan fingerprint density at radius 2 is 2.09 bits per heavy atom. The van der Waals surface area contributed by atoms with E-state index in [2.05, 4.69) is 28.7 Å². The van der Waals surface area contributed by atoms with E-state index >= 15 is 0 Å². The maximum absolute atomic E-state index is 9.50. The maximum atomic E-state index is 9.50. The minimum Gasteiger partial charge on any atom is -0.507 e. The van der Waals surface area contributed by atoms with E-state index in [0.717, 1.165) is 9.13 Å². The average molecular weight is 258 g/mol. The molecular formula is C9H7IO. The molecule has 0 fully saturated rings. The van der Waals surface area contributed by atoms with E-state index in [0.29, 0.717) is 5.75 Å². The second-order valence-corrected chi connectivity index (χ2v) is 3.77. The van der Waals surface area contributed by atoms with Gasteiger partial charge in [0.1, 0.15) is 5.75 Å². The molecule has 0 heterocycles. The van der Waals surface area contributed by atoms with Crippen LogP contribution in [-0.2, 0) is 0 Å². The summed E-state index contributed by atoms with van der Waals surface area (Å²) in [7, 11) is 0. The quantitative estimate of drug-likeness (QED) is 0.720. The van der Waals surface area contributed by atoms with Crippen LogP contribution in [0, 0.1) is 10.5 Å². The summed E-state index contributed by atoms with van der Waals surface area (Å²) in [5, 5.41) is 9.50. The van der Waals surface area contributed by atoms with Gasteiger partial charge in [-0.3, -0.25) is 0 Å². The van der Waals surface area contributed by atoms with Crippen LogP contribution in [0.2, 0.25) is 0 Å². The van der Waals surface area contributed by atoms with Crippen LogP contribution in [0.1, 0.15) is 16.7 Å². The lowest BCUT2D eigenvalue weighted by Crippen LogP contribution is -1.95. The van der Waals surface area contributed by atoms with Crippen molar-refractivity contribution in [2.45, 2.75) is 6.92 Å². The van der Waals surface area contributed by atoms with Crippen molar-refractivity contribution >= 4 is 34.7 Å². The van der Waals surface area contributed by atoms with Gasteiger partial charge in [-0.05, 0) is 52.3 Å². The smallest absolute Gasteiger partial charge is 0.132 e. The van der Waals surface area contributed by atoms with Gasteiger partial charge in [-0.15, -0.1) is 0 Å². The molecule has 2 rings (SSSR count). The summed E-state index contributed by atoms with van der Waals surface area (Å²) in [6.45, 7) is 1.92. The fourth-order valence-corrected chi connectivity index (χ4v) is 2.11. The number of phenolic OH excluding ortho intramolecular Hbond substituents is 1. The molecule has 0 unspecified atom stereocenters. The monoisotopic (exact) mass is 258 g/mol. The van der Waals surface area contributed by atoms with E-state index < -0.39 is 0 Å². The lowest BCUT2D eigenvalue weighted by molar-refractivity contribution is 0.467. The van der Waals surface area contributed by atoms with Gasteiger partial charge in [-0.1, -0.05) is 12.2 Å². The van der Waals surface area contributed by atoms with Crippen LogP contribution >= 0.6 is 22.6 Å². The summed E-state index contributed by atoms with van der Waals surface area (Å²) in [5.74, 6) is 0.425. The van der Waals surface area contributed by atoms with Crippen molar-refractivity contribution in [3.63, 3.8) is 0 Å². The first-order valence-corrected chi connectivity index (χ1v) is 4.48. The number of phenols is 1. The largest absolute Gasteiger partial charge is 0.507 e. The molecule has 0 spiro atoms. The van der Waals surface area contributed by atoms with Gasteiger partial charge in [-0.2, -0.15) is 0 Å². The van der Waals surface area contributed by atoms with Crippen molar-refractivity contribution in [3.05, 3.63) is 26.3 Å². The molecule has 0 saturated carbocycles. The molecule has 0 saturated heterocycles. The highest BCUT2D eigenvalue weighted by molar-refractivity contribution is 14.1. The summed E-state index contributed by atoms with van der Waals surface area (Å²) in [5.41, 5.74) is 3.37. The summed E-state index contributed by atoms with van der Waals surface area (Å²) >= 11 is 2.17. The third-order valence-corrected chi connectivity index (χ3v) is 3.02. The molecule has 0 amide bonds. The highest BCUT2D eigenvalue weighted by Crippen LogP contribution is 2.36. The Bertz CT molecular complexity index is 353. The average Bonchev–Trinajstić information content (AvgIpc) is 1.93. The normalized spacial score (nSPS) is 12.5. The molecule has 2 heteroatoms. The highest BCUT2D eigenvalue weighted by atomic mass is 127. The molecule has 1 N–H and O–H groups in total. The van der Waals surface area contributed by atoms with Crippen LogP contribution in [0.5, 0.6) is 5.75 Å². The Hall–Kier alpha value is -0.510. The van der Waals surface area contributed by atoms with Crippen LogP contribution in [0.15, 0.2) is 6.07 Å². The topological polar surface area (TPSA) is 20.2 Å². The lowest BCUT2D eigenvalue weighted by Gasteiger charge is -2.15. The number of hydrogen-bond donors (Lipinski definition) is 1. The van der Waals surface area contributed by atoms with Crippen LogP contribution in [-0.4, -0.2) is 5.11 Å². The number of halogens is 1. The fraction of sp³-hybridized carbons (Fsp3) is 0.111. The molecule has 1 nitrogen and oxygen atoms in total. The second kappa shape index (κ2) is 2.24. The Morgan fingerprint density at radius 1 is 1.36 bits per heavy atom. The summed E-state index contributed by atoms with van der Waals surface area (Å²) in [6, 6.07) is 2.01. The number of benzene rings is 1. The highest BCUT2D eigenvalue weighted by Gasteiger charge is 2.14. The van der Waals surface area contributed by atoms with Crippen molar-refractivity contribution in [2.75, 3.05) is 0 Å². The predicted molar refractivity (Wildman–Crippen MR) is 54.5 cm³/mol. The molecular weight excluding hydrogens is 251 g/mol. The Kier molecular flexibility index (Phi) is 1.45. The second-order valence-electron chi connectivity index (χ2n) is 2.69. The Morgan fingerprint density at radius 3 is 2.64 bits per heavy atom. The first-order chi connectivity index (χ1) is 5.20. The number of fused-ring (bicyclic) bond motifs is 1. The van der Waals surface area contributed by atoms with E-state index in [4.69, 9.17) is 0 Å². The molecule has 0 radical (unpaired) electrons. The van der Waals surface area contributed by atoms with E-state index in [1.165, 1.54) is 11.1 Å². The van der Waals surface area contributed by atoms with Gasteiger partial charge < -0.3 is 5.11 Å². The molecule has 1 aliphatic rings. The van der Waals surface area contributed by atoms with E-state index in [9.17, 15) is 5.11 Å². The van der Waals surface area contributed by atoms with Gasteiger partial charge in [-0.25, -0.2) is 0 Å². The van der Waals surface area contributed by atoms with Gasteiger partial charge in [0, 0.05) is 0 Å². The van der Waals surface area contributed by atoms with E-state index in [-0.39, 0.29) is 0 Å². The maximum Gasteiger partial charge on any atom is 0.132 e. The fourth-order valence-electron chi connectivity index (χ4n) is 1.19. The summed E-state index contributed by atoms with van der Waals surface area (Å²) in [6.07, 6.45) is 4.08. The zero-order chi connectivity index (χ0) is 8.01. The number of aryl methyl sites for hydroxylation is 1. The van der Waals surface area contributed by atoms with Crippen molar-refractivity contribution in [3.8, 4) is 5.75 Å².